The third-order valence-corrected chi connectivity index (χ3v) is 9.88. The average Bonchev–Trinajstić information content (AvgIpc) is 3.83. The van der Waals surface area contributed by atoms with Crippen LogP contribution in [0.2, 0.25) is 0 Å². The molecule has 3 heterocycles. The minimum atomic E-state index is 0.683. The maximum Gasteiger partial charge on any atom is 0.145 e. The molecule has 6 nitrogen and oxygen atoms in total. The molecule has 9 rings (SSSR count). The SMILES string of the molecule is CC/C=C\C=C/Cn1c(-c2cc(-c3nc4ccccc4n3C3=CCCCC=C3)cc(-c3nc4ccccc4n3-c3ccccc3)c2)nc2ccccc21. The quantitative estimate of drug-likeness (QED) is 0.142. The number of fused-ring (bicyclic) bond motifs is 3. The zero-order valence-corrected chi connectivity index (χ0v) is 29.8. The third-order valence-electron chi connectivity index (χ3n) is 9.88. The standard InChI is InChI=1S/C47H40N6/c1-2-3-4-7-19-30-51-42-27-16-13-24-39(42)48-45(51)34-31-35(46-49-40-25-14-17-28-43(40)52(46)37-20-9-5-6-10-21-37)33-36(32-34)47-50-41-26-15-18-29-44(41)53(47)38-22-11-8-12-23-38/h3-4,7-9,11-29,31-33H,2,5-6,10,30H2,1H3/b4-3-,19-7-. The summed E-state index contributed by atoms with van der Waals surface area (Å²) in [4.78, 5) is 15.9. The summed E-state index contributed by atoms with van der Waals surface area (Å²) >= 11 is 0. The Morgan fingerprint density at radius 2 is 1.11 bits per heavy atom. The zero-order valence-electron chi connectivity index (χ0n) is 29.8. The van der Waals surface area contributed by atoms with E-state index in [2.05, 4.69) is 184 Å². The number of hydrogen-bond acceptors (Lipinski definition) is 3. The largest absolute Gasteiger partial charge is 0.320 e. The summed E-state index contributed by atoms with van der Waals surface area (Å²) in [6, 6.07) is 42.5. The molecular formula is C47H40N6. The maximum absolute atomic E-state index is 5.34. The van der Waals surface area contributed by atoms with Crippen LogP contribution in [-0.2, 0) is 6.54 Å². The van der Waals surface area contributed by atoms with Crippen molar-refractivity contribution >= 4 is 38.8 Å². The fourth-order valence-corrected chi connectivity index (χ4v) is 7.42. The molecule has 1 aliphatic carbocycles. The monoisotopic (exact) mass is 688 g/mol. The molecular weight excluding hydrogens is 649 g/mol. The number of nitrogens with zero attached hydrogens (tertiary/aromatic N) is 6. The molecule has 0 atom stereocenters. The molecule has 258 valence electrons. The molecule has 0 aliphatic heterocycles. The molecule has 0 saturated heterocycles. The summed E-state index contributed by atoms with van der Waals surface area (Å²) in [7, 11) is 0. The van der Waals surface area contributed by atoms with Crippen LogP contribution in [0.25, 0.3) is 78.6 Å². The van der Waals surface area contributed by atoms with Crippen molar-refractivity contribution < 1.29 is 0 Å². The van der Waals surface area contributed by atoms with Gasteiger partial charge < -0.3 is 4.57 Å². The minimum absolute atomic E-state index is 0.683. The van der Waals surface area contributed by atoms with Crippen molar-refractivity contribution in [2.24, 2.45) is 0 Å². The molecule has 0 fully saturated rings. The first kappa shape index (κ1) is 32.4. The summed E-state index contributed by atoms with van der Waals surface area (Å²) in [5, 5.41) is 0. The molecule has 0 unspecified atom stereocenters. The van der Waals surface area contributed by atoms with Gasteiger partial charge in [-0.15, -0.1) is 0 Å². The second kappa shape index (κ2) is 14.2. The Kier molecular flexibility index (Phi) is 8.70. The van der Waals surface area contributed by atoms with Crippen LogP contribution in [0.3, 0.4) is 0 Å². The molecule has 0 bridgehead atoms. The first-order valence-electron chi connectivity index (χ1n) is 18.6. The van der Waals surface area contributed by atoms with Gasteiger partial charge in [-0.25, -0.2) is 15.0 Å². The maximum atomic E-state index is 5.34. The molecule has 0 N–H and O–H groups in total. The molecule has 0 radical (unpaired) electrons. The number of benzene rings is 5. The lowest BCUT2D eigenvalue weighted by Crippen LogP contribution is -2.02. The van der Waals surface area contributed by atoms with Crippen LogP contribution in [0.4, 0.5) is 0 Å². The normalized spacial score (nSPS) is 13.6. The van der Waals surface area contributed by atoms with Gasteiger partial charge in [0, 0.05) is 34.6 Å². The van der Waals surface area contributed by atoms with Crippen LogP contribution < -0.4 is 0 Å². The van der Waals surface area contributed by atoms with Crippen molar-refractivity contribution in [2.45, 2.75) is 39.2 Å². The Balaban J connectivity index is 1.33. The first-order chi connectivity index (χ1) is 26.3. The molecule has 3 aromatic heterocycles. The minimum Gasteiger partial charge on any atom is -0.320 e. The van der Waals surface area contributed by atoms with Gasteiger partial charge in [-0.1, -0.05) is 98.0 Å². The Morgan fingerprint density at radius 1 is 0.566 bits per heavy atom. The van der Waals surface area contributed by atoms with E-state index >= 15 is 0 Å². The summed E-state index contributed by atoms with van der Waals surface area (Å²) in [5.41, 5.74) is 11.3. The molecule has 0 amide bonds. The van der Waals surface area contributed by atoms with Crippen LogP contribution >= 0.6 is 0 Å². The zero-order chi connectivity index (χ0) is 35.6. The Hall–Kier alpha value is -6.53. The molecule has 5 aromatic carbocycles. The highest BCUT2D eigenvalue weighted by atomic mass is 15.1. The van der Waals surface area contributed by atoms with Gasteiger partial charge in [-0.05, 0) is 98.5 Å². The van der Waals surface area contributed by atoms with Gasteiger partial charge >= 0.3 is 0 Å². The predicted molar refractivity (Wildman–Crippen MR) is 220 cm³/mol. The summed E-state index contributed by atoms with van der Waals surface area (Å²) < 4.78 is 6.91. The summed E-state index contributed by atoms with van der Waals surface area (Å²) in [6.07, 6.45) is 19.7. The Bertz CT molecular complexity index is 2710. The van der Waals surface area contributed by atoms with E-state index in [9.17, 15) is 0 Å². The molecule has 8 aromatic rings. The lowest BCUT2D eigenvalue weighted by molar-refractivity contribution is 0.860. The van der Waals surface area contributed by atoms with Crippen LogP contribution in [0.1, 0.15) is 32.6 Å². The first-order valence-corrected chi connectivity index (χ1v) is 18.6. The molecule has 0 spiro atoms. The topological polar surface area (TPSA) is 53.5 Å². The average molecular weight is 689 g/mol. The fourth-order valence-electron chi connectivity index (χ4n) is 7.42. The third kappa shape index (κ3) is 6.12. The molecule has 53 heavy (non-hydrogen) atoms. The van der Waals surface area contributed by atoms with Crippen LogP contribution in [0.5, 0.6) is 0 Å². The fraction of sp³-hybridized carbons (Fsp3) is 0.128. The van der Waals surface area contributed by atoms with Gasteiger partial charge in [0.2, 0.25) is 0 Å². The van der Waals surface area contributed by atoms with E-state index in [1.54, 1.807) is 0 Å². The van der Waals surface area contributed by atoms with Gasteiger partial charge in [0.05, 0.1) is 33.1 Å². The van der Waals surface area contributed by atoms with Gasteiger partial charge in [-0.2, -0.15) is 0 Å². The van der Waals surface area contributed by atoms with Crippen molar-refractivity contribution in [3.05, 3.63) is 164 Å². The van der Waals surface area contributed by atoms with Gasteiger partial charge in [0.1, 0.15) is 17.5 Å². The van der Waals surface area contributed by atoms with Gasteiger partial charge in [0.25, 0.3) is 0 Å². The van der Waals surface area contributed by atoms with E-state index < -0.39 is 0 Å². The number of imidazole rings is 3. The van der Waals surface area contributed by atoms with E-state index in [4.69, 9.17) is 15.0 Å². The lowest BCUT2D eigenvalue weighted by Gasteiger charge is -2.15. The second-order valence-electron chi connectivity index (χ2n) is 13.4. The van der Waals surface area contributed by atoms with E-state index in [1.165, 1.54) is 0 Å². The van der Waals surface area contributed by atoms with E-state index in [0.29, 0.717) is 6.54 Å². The smallest absolute Gasteiger partial charge is 0.145 e. The van der Waals surface area contributed by atoms with E-state index in [0.717, 1.165) is 104 Å². The van der Waals surface area contributed by atoms with Crippen LogP contribution in [0, 0.1) is 0 Å². The number of rotatable bonds is 9. The molecule has 0 saturated carbocycles. The van der Waals surface area contributed by atoms with Crippen molar-refractivity contribution in [3.63, 3.8) is 0 Å². The number of hydrogen-bond donors (Lipinski definition) is 0. The van der Waals surface area contributed by atoms with Gasteiger partial charge in [0.15, 0.2) is 0 Å². The van der Waals surface area contributed by atoms with Gasteiger partial charge in [-0.3, -0.25) is 9.13 Å². The highest BCUT2D eigenvalue weighted by Crippen LogP contribution is 2.38. The van der Waals surface area contributed by atoms with E-state index in [1.807, 2.05) is 0 Å². The van der Waals surface area contributed by atoms with Crippen molar-refractivity contribution in [3.8, 4) is 39.9 Å². The van der Waals surface area contributed by atoms with Crippen molar-refractivity contribution in [1.29, 1.82) is 0 Å². The lowest BCUT2D eigenvalue weighted by atomic mass is 10.0. The predicted octanol–water partition coefficient (Wildman–Crippen LogP) is 11.8. The Morgan fingerprint density at radius 3 is 1.81 bits per heavy atom. The second-order valence-corrected chi connectivity index (χ2v) is 13.4. The van der Waals surface area contributed by atoms with Crippen LogP contribution in [0.15, 0.2) is 164 Å². The van der Waals surface area contributed by atoms with Crippen molar-refractivity contribution in [2.75, 3.05) is 0 Å². The Labute approximate surface area is 309 Å². The van der Waals surface area contributed by atoms with Crippen molar-refractivity contribution in [1.82, 2.24) is 28.7 Å². The highest BCUT2D eigenvalue weighted by molar-refractivity contribution is 5.91. The summed E-state index contributed by atoms with van der Waals surface area (Å²) in [6.45, 7) is 2.83. The van der Waals surface area contributed by atoms with E-state index in [-0.39, 0.29) is 0 Å². The number of para-hydroxylation sites is 7. The summed E-state index contributed by atoms with van der Waals surface area (Å²) in [5.74, 6) is 2.66. The number of allylic oxidation sites excluding steroid dienone is 8. The molecule has 1 aliphatic rings. The molecule has 6 heteroatoms. The number of aromatic nitrogens is 6. The highest BCUT2D eigenvalue weighted by Gasteiger charge is 2.22. The van der Waals surface area contributed by atoms with Crippen LogP contribution in [-0.4, -0.2) is 28.7 Å².